The summed E-state index contributed by atoms with van der Waals surface area (Å²) in [4.78, 5) is 0. The number of hydrogen-bond donors (Lipinski definition) is 0. The molecule has 1 aliphatic rings. The predicted molar refractivity (Wildman–Crippen MR) is 95.9 cm³/mol. The molecule has 114 valence electrons. The SMILES string of the molecule is CCCCC1=[C-]CC=C1.C[C](C)=[Ti+2].c1ccc2[cH-]ccc2c1. The standard InChI is InChI=1S/C9H7.C9H13.C3H6.Ti/c1-2-5-9-7-3-6-8(9)4-1;1-2-3-6-9-7-4-5-8-9;1-3-2;/h1-7H;4,7H,2-3,5-6H2,1H3;1-2H3;/q2*-1;;+2. The fourth-order valence-corrected chi connectivity index (χ4v) is 2.06. The number of hydrogen-bond acceptors (Lipinski definition) is 0. The van der Waals surface area contributed by atoms with E-state index >= 15 is 0 Å². The topological polar surface area (TPSA) is 0 Å². The van der Waals surface area contributed by atoms with Gasteiger partial charge in [-0.2, -0.15) is 23.6 Å². The Labute approximate surface area is 147 Å². The van der Waals surface area contributed by atoms with E-state index in [1.165, 1.54) is 39.4 Å². The molecule has 0 atom stereocenters. The van der Waals surface area contributed by atoms with E-state index < -0.39 is 0 Å². The van der Waals surface area contributed by atoms with Gasteiger partial charge in [-0.3, -0.25) is 6.08 Å². The van der Waals surface area contributed by atoms with Crippen molar-refractivity contribution in [2.24, 2.45) is 0 Å². The molecule has 0 fully saturated rings. The van der Waals surface area contributed by atoms with Crippen molar-refractivity contribution in [3.05, 3.63) is 66.3 Å². The molecule has 0 N–H and O–H groups in total. The van der Waals surface area contributed by atoms with Gasteiger partial charge in [0.2, 0.25) is 0 Å². The van der Waals surface area contributed by atoms with Crippen molar-refractivity contribution < 1.29 is 20.0 Å². The van der Waals surface area contributed by atoms with Gasteiger partial charge < -0.3 is 0 Å². The third kappa shape index (κ3) is 8.36. The van der Waals surface area contributed by atoms with Crippen LogP contribution in [-0.4, -0.2) is 3.81 Å². The van der Waals surface area contributed by atoms with E-state index in [9.17, 15) is 0 Å². The van der Waals surface area contributed by atoms with Crippen LogP contribution >= 0.6 is 0 Å². The second kappa shape index (κ2) is 11.5. The Balaban J connectivity index is 0.000000179. The summed E-state index contributed by atoms with van der Waals surface area (Å²) in [5, 5.41) is 2.66. The van der Waals surface area contributed by atoms with Crippen LogP contribution in [0.25, 0.3) is 10.8 Å². The second-order valence-corrected chi connectivity index (χ2v) is 7.13. The van der Waals surface area contributed by atoms with Crippen molar-refractivity contribution in [2.75, 3.05) is 0 Å². The molecule has 0 bridgehead atoms. The van der Waals surface area contributed by atoms with Crippen molar-refractivity contribution in [1.82, 2.24) is 0 Å². The Morgan fingerprint density at radius 2 is 1.95 bits per heavy atom. The average molecular weight is 326 g/mol. The first-order chi connectivity index (χ1) is 10.6. The summed E-state index contributed by atoms with van der Waals surface area (Å²) in [7, 11) is 0. The van der Waals surface area contributed by atoms with Gasteiger partial charge >= 0.3 is 37.6 Å². The summed E-state index contributed by atoms with van der Waals surface area (Å²) >= 11 is 2.08. The molecule has 0 saturated carbocycles. The minimum atomic E-state index is 1.04. The van der Waals surface area contributed by atoms with Crippen molar-refractivity contribution in [2.45, 2.75) is 46.5 Å². The molecular formula is C21H26Ti. The first-order valence-corrected chi connectivity index (χ1v) is 8.80. The minimum absolute atomic E-state index is 1.04. The third-order valence-corrected chi connectivity index (χ3v) is 3.11. The van der Waals surface area contributed by atoms with Crippen molar-refractivity contribution in [3.63, 3.8) is 0 Å². The smallest absolute Gasteiger partial charge is 0.0809 e. The van der Waals surface area contributed by atoms with E-state index in [0.29, 0.717) is 0 Å². The van der Waals surface area contributed by atoms with Crippen LogP contribution in [0.5, 0.6) is 0 Å². The zero-order valence-corrected chi connectivity index (χ0v) is 15.6. The van der Waals surface area contributed by atoms with Gasteiger partial charge in [0.25, 0.3) is 0 Å². The van der Waals surface area contributed by atoms with Crippen LogP contribution < -0.4 is 0 Å². The second-order valence-electron chi connectivity index (χ2n) is 5.57. The predicted octanol–water partition coefficient (Wildman–Crippen LogP) is 6.17. The molecule has 1 heteroatoms. The van der Waals surface area contributed by atoms with Gasteiger partial charge in [0.05, 0.1) is 0 Å². The Morgan fingerprint density at radius 3 is 2.55 bits per heavy atom. The van der Waals surface area contributed by atoms with Gasteiger partial charge in [-0.1, -0.05) is 32.3 Å². The van der Waals surface area contributed by atoms with E-state index in [1.54, 1.807) is 0 Å². The van der Waals surface area contributed by atoms with Crippen molar-refractivity contribution in [3.8, 4) is 0 Å². The molecule has 22 heavy (non-hydrogen) atoms. The monoisotopic (exact) mass is 326 g/mol. The first-order valence-electron chi connectivity index (χ1n) is 8.02. The molecule has 3 rings (SSSR count). The van der Waals surface area contributed by atoms with Gasteiger partial charge in [-0.05, 0) is 0 Å². The zero-order valence-electron chi connectivity index (χ0n) is 14.0. The Kier molecular flexibility index (Phi) is 9.87. The first kappa shape index (κ1) is 18.9. The molecule has 0 radical (unpaired) electrons. The summed E-state index contributed by atoms with van der Waals surface area (Å²) in [5.41, 5.74) is 1.41. The number of rotatable bonds is 3. The molecule has 0 aromatic heterocycles. The minimum Gasteiger partial charge on any atom is -0.168 e. The van der Waals surface area contributed by atoms with Crippen LogP contribution in [-0.2, 0) is 20.0 Å². The molecule has 0 amide bonds. The Bertz CT molecular complexity index is 579. The average Bonchev–Trinajstić information content (AvgIpc) is 3.16. The summed E-state index contributed by atoms with van der Waals surface area (Å²) in [6.07, 6.45) is 12.5. The summed E-state index contributed by atoms with van der Waals surface area (Å²) in [6.45, 7) is 6.39. The molecular weight excluding hydrogens is 300 g/mol. The molecule has 2 aromatic rings. The fourth-order valence-electron chi connectivity index (χ4n) is 2.06. The van der Waals surface area contributed by atoms with Gasteiger partial charge in [0.15, 0.2) is 0 Å². The Hall–Kier alpha value is -1.11. The van der Waals surface area contributed by atoms with Crippen LogP contribution in [0, 0.1) is 6.08 Å². The Morgan fingerprint density at radius 1 is 1.23 bits per heavy atom. The third-order valence-electron chi connectivity index (χ3n) is 3.11. The van der Waals surface area contributed by atoms with Crippen LogP contribution in [0.15, 0.2) is 60.2 Å². The quantitative estimate of drug-likeness (QED) is 0.467. The molecule has 2 aromatic carbocycles. The van der Waals surface area contributed by atoms with Gasteiger partial charge in [-0.15, -0.1) is 36.1 Å². The van der Waals surface area contributed by atoms with Crippen LogP contribution in [0.2, 0.25) is 0 Å². The molecule has 0 spiro atoms. The maximum absolute atomic E-state index is 3.30. The number of benzene rings is 1. The molecule has 0 nitrogen and oxygen atoms in total. The van der Waals surface area contributed by atoms with E-state index in [2.05, 4.69) is 101 Å². The number of unbranched alkanes of at least 4 members (excludes halogenated alkanes) is 1. The molecule has 0 heterocycles. The largest absolute Gasteiger partial charge is 0.168 e. The van der Waals surface area contributed by atoms with Crippen LogP contribution in [0.4, 0.5) is 0 Å². The maximum Gasteiger partial charge on any atom is -0.0809 e. The summed E-state index contributed by atoms with van der Waals surface area (Å²) < 4.78 is 1.42. The summed E-state index contributed by atoms with van der Waals surface area (Å²) in [5.74, 6) is 0. The fraction of sp³-hybridized carbons (Fsp3) is 0.333. The number of fused-ring (bicyclic) bond motifs is 1. The van der Waals surface area contributed by atoms with E-state index in [0.717, 1.165) is 6.42 Å². The van der Waals surface area contributed by atoms with Crippen molar-refractivity contribution in [1.29, 1.82) is 0 Å². The van der Waals surface area contributed by atoms with Gasteiger partial charge in [0, 0.05) is 0 Å². The molecule has 1 aliphatic carbocycles. The normalized spacial score (nSPS) is 12.1. The van der Waals surface area contributed by atoms with Crippen LogP contribution in [0.3, 0.4) is 0 Å². The van der Waals surface area contributed by atoms with Crippen LogP contribution in [0.1, 0.15) is 46.5 Å². The van der Waals surface area contributed by atoms with Gasteiger partial charge in [-0.25, -0.2) is 11.6 Å². The number of allylic oxidation sites excluding steroid dienone is 4. The zero-order chi connectivity index (χ0) is 16.2. The molecule has 0 aliphatic heterocycles. The maximum atomic E-state index is 3.30. The molecule has 0 unspecified atom stereocenters. The van der Waals surface area contributed by atoms with Gasteiger partial charge in [0.1, 0.15) is 0 Å². The molecule has 0 saturated heterocycles. The van der Waals surface area contributed by atoms with E-state index in [-0.39, 0.29) is 0 Å². The van der Waals surface area contributed by atoms with Crippen molar-refractivity contribution >= 4 is 14.6 Å². The van der Waals surface area contributed by atoms with E-state index in [4.69, 9.17) is 0 Å². The summed E-state index contributed by atoms with van der Waals surface area (Å²) in [6, 6.07) is 14.7. The van der Waals surface area contributed by atoms with E-state index in [1.807, 2.05) is 0 Å².